The average molecular weight is 480 g/mol. The highest BCUT2D eigenvalue weighted by Gasteiger charge is 2.48. The van der Waals surface area contributed by atoms with Gasteiger partial charge in [0.15, 0.2) is 5.69 Å². The standard InChI is InChI=1S/C27H37N5O3/c1-5-6-15-31-25(34)23-16-22(24(33)28-21-13-11-19(12-14-21)18(2)3)30-32(23)17-27(31,4)26(35)29-20-9-7-8-10-20/h11-14,16,18,20H,5-10,15,17H2,1-4H3,(H,28,33)(H,29,35)/t27-/m0/s1. The second-order valence-corrected chi connectivity index (χ2v) is 10.3. The number of carbonyl (C=O) groups excluding carboxylic acids is 3. The van der Waals surface area contributed by atoms with Gasteiger partial charge in [-0.1, -0.05) is 52.2 Å². The molecule has 0 bridgehead atoms. The fourth-order valence-corrected chi connectivity index (χ4v) is 4.98. The van der Waals surface area contributed by atoms with Crippen molar-refractivity contribution in [3.63, 3.8) is 0 Å². The quantitative estimate of drug-likeness (QED) is 0.589. The average Bonchev–Trinajstić information content (AvgIpc) is 3.49. The Hall–Kier alpha value is -3.16. The molecule has 35 heavy (non-hydrogen) atoms. The molecular formula is C27H37N5O3. The predicted molar refractivity (Wildman–Crippen MR) is 135 cm³/mol. The van der Waals surface area contributed by atoms with Gasteiger partial charge in [-0.15, -0.1) is 0 Å². The summed E-state index contributed by atoms with van der Waals surface area (Å²) in [6, 6.07) is 9.40. The van der Waals surface area contributed by atoms with Crippen molar-refractivity contribution < 1.29 is 14.4 Å². The Kier molecular flexibility index (Phi) is 7.28. The summed E-state index contributed by atoms with van der Waals surface area (Å²) in [5.74, 6) is -0.386. The Morgan fingerprint density at radius 3 is 2.49 bits per heavy atom. The first kappa shape index (κ1) is 24.9. The zero-order chi connectivity index (χ0) is 25.2. The van der Waals surface area contributed by atoms with Crippen LogP contribution < -0.4 is 10.6 Å². The van der Waals surface area contributed by atoms with Gasteiger partial charge in [0.05, 0.1) is 6.54 Å². The van der Waals surface area contributed by atoms with Crippen molar-refractivity contribution in [2.75, 3.05) is 11.9 Å². The molecule has 2 aromatic rings. The molecule has 1 atom stereocenters. The van der Waals surface area contributed by atoms with E-state index in [0.717, 1.165) is 38.5 Å². The Bertz CT molecular complexity index is 1080. The van der Waals surface area contributed by atoms with Crippen molar-refractivity contribution in [2.24, 2.45) is 0 Å². The Balaban J connectivity index is 1.56. The minimum absolute atomic E-state index is 0.147. The molecule has 1 saturated carbocycles. The van der Waals surface area contributed by atoms with Gasteiger partial charge in [-0.05, 0) is 49.8 Å². The summed E-state index contributed by atoms with van der Waals surface area (Å²) in [6.45, 7) is 8.80. The number of nitrogens with one attached hydrogen (secondary N) is 2. The lowest BCUT2D eigenvalue weighted by Gasteiger charge is -2.43. The zero-order valence-electron chi connectivity index (χ0n) is 21.3. The Labute approximate surface area is 207 Å². The van der Waals surface area contributed by atoms with Crippen molar-refractivity contribution in [3.05, 3.63) is 47.3 Å². The fraction of sp³-hybridized carbons (Fsp3) is 0.556. The van der Waals surface area contributed by atoms with E-state index in [9.17, 15) is 14.4 Å². The number of aromatic nitrogens is 2. The molecule has 1 aliphatic heterocycles. The molecule has 0 radical (unpaired) electrons. The van der Waals surface area contributed by atoms with E-state index in [0.29, 0.717) is 23.8 Å². The van der Waals surface area contributed by atoms with Crippen LogP contribution in [-0.2, 0) is 11.3 Å². The Morgan fingerprint density at radius 2 is 1.86 bits per heavy atom. The number of anilines is 1. The van der Waals surface area contributed by atoms with E-state index in [1.54, 1.807) is 4.90 Å². The number of nitrogens with zero attached hydrogens (tertiary/aromatic N) is 3. The van der Waals surface area contributed by atoms with Crippen LogP contribution in [0, 0.1) is 0 Å². The number of rotatable bonds is 8. The lowest BCUT2D eigenvalue weighted by molar-refractivity contribution is -0.133. The molecule has 1 aliphatic carbocycles. The van der Waals surface area contributed by atoms with Crippen molar-refractivity contribution >= 4 is 23.4 Å². The van der Waals surface area contributed by atoms with E-state index in [1.807, 2.05) is 31.2 Å². The molecule has 188 valence electrons. The molecule has 1 fully saturated rings. The van der Waals surface area contributed by atoms with Crippen LogP contribution >= 0.6 is 0 Å². The van der Waals surface area contributed by atoms with Crippen LogP contribution in [0.15, 0.2) is 30.3 Å². The van der Waals surface area contributed by atoms with Gasteiger partial charge >= 0.3 is 0 Å². The van der Waals surface area contributed by atoms with Gasteiger partial charge < -0.3 is 15.5 Å². The number of amides is 3. The maximum Gasteiger partial charge on any atom is 0.276 e. The Morgan fingerprint density at radius 1 is 1.17 bits per heavy atom. The van der Waals surface area contributed by atoms with Crippen LogP contribution in [0.5, 0.6) is 0 Å². The summed E-state index contributed by atoms with van der Waals surface area (Å²) in [6.07, 6.45) is 5.88. The molecule has 2 aliphatic rings. The molecule has 0 spiro atoms. The van der Waals surface area contributed by atoms with E-state index in [-0.39, 0.29) is 36.0 Å². The van der Waals surface area contributed by atoms with Crippen LogP contribution in [0.2, 0.25) is 0 Å². The molecule has 0 saturated heterocycles. The molecule has 3 amide bonds. The molecule has 4 rings (SSSR count). The first-order valence-corrected chi connectivity index (χ1v) is 12.8. The molecule has 1 aromatic heterocycles. The maximum atomic E-state index is 13.5. The first-order valence-electron chi connectivity index (χ1n) is 12.8. The van der Waals surface area contributed by atoms with Gasteiger partial charge in [-0.3, -0.25) is 19.1 Å². The van der Waals surface area contributed by atoms with E-state index in [4.69, 9.17) is 0 Å². The van der Waals surface area contributed by atoms with Gasteiger partial charge in [-0.25, -0.2) is 0 Å². The third kappa shape index (κ3) is 5.11. The van der Waals surface area contributed by atoms with E-state index >= 15 is 0 Å². The zero-order valence-corrected chi connectivity index (χ0v) is 21.3. The molecule has 0 unspecified atom stereocenters. The minimum Gasteiger partial charge on any atom is -0.351 e. The van der Waals surface area contributed by atoms with Crippen LogP contribution in [-0.4, -0.2) is 50.5 Å². The summed E-state index contributed by atoms with van der Waals surface area (Å²) in [7, 11) is 0. The maximum absolute atomic E-state index is 13.5. The smallest absolute Gasteiger partial charge is 0.276 e. The normalized spacial score (nSPS) is 20.3. The first-order chi connectivity index (χ1) is 16.7. The summed E-state index contributed by atoms with van der Waals surface area (Å²) in [4.78, 5) is 41.6. The molecule has 1 aromatic carbocycles. The number of carbonyl (C=O) groups is 3. The van der Waals surface area contributed by atoms with E-state index in [2.05, 4.69) is 36.5 Å². The fourth-order valence-electron chi connectivity index (χ4n) is 4.98. The summed E-state index contributed by atoms with van der Waals surface area (Å²) >= 11 is 0. The van der Waals surface area contributed by atoms with Crippen LogP contribution in [0.3, 0.4) is 0 Å². The highest BCUT2D eigenvalue weighted by molar-refractivity contribution is 6.06. The SMILES string of the molecule is CCCCN1C(=O)c2cc(C(=O)Nc3ccc(C(C)C)cc3)nn2C[C@@]1(C)C(=O)NC1CCCC1. The summed E-state index contributed by atoms with van der Waals surface area (Å²) < 4.78 is 1.52. The number of benzene rings is 1. The molecule has 8 heteroatoms. The highest BCUT2D eigenvalue weighted by atomic mass is 16.2. The van der Waals surface area contributed by atoms with E-state index < -0.39 is 5.54 Å². The summed E-state index contributed by atoms with van der Waals surface area (Å²) in [5, 5.41) is 10.5. The van der Waals surface area contributed by atoms with Crippen molar-refractivity contribution in [1.82, 2.24) is 20.0 Å². The van der Waals surface area contributed by atoms with Crippen LogP contribution in [0.1, 0.15) is 98.7 Å². The van der Waals surface area contributed by atoms with Gasteiger partial charge in [0.2, 0.25) is 5.91 Å². The summed E-state index contributed by atoms with van der Waals surface area (Å²) in [5.41, 5.74) is 1.30. The van der Waals surface area contributed by atoms with Crippen molar-refractivity contribution in [3.8, 4) is 0 Å². The lowest BCUT2D eigenvalue weighted by atomic mass is 9.94. The second kappa shape index (κ2) is 10.2. The van der Waals surface area contributed by atoms with E-state index in [1.165, 1.54) is 16.3 Å². The van der Waals surface area contributed by atoms with Gasteiger partial charge in [0.1, 0.15) is 11.2 Å². The third-order valence-corrected chi connectivity index (χ3v) is 7.28. The van der Waals surface area contributed by atoms with Crippen molar-refractivity contribution in [1.29, 1.82) is 0 Å². The van der Waals surface area contributed by atoms with Gasteiger partial charge in [0, 0.05) is 24.3 Å². The predicted octanol–water partition coefficient (Wildman–Crippen LogP) is 4.33. The topological polar surface area (TPSA) is 96.3 Å². The van der Waals surface area contributed by atoms with Crippen LogP contribution in [0.4, 0.5) is 5.69 Å². The molecule has 2 N–H and O–H groups in total. The van der Waals surface area contributed by atoms with Gasteiger partial charge in [0.25, 0.3) is 11.8 Å². The minimum atomic E-state index is -1.06. The number of unbranched alkanes of at least 4 members (excludes halogenated alkanes) is 1. The highest BCUT2D eigenvalue weighted by Crippen LogP contribution is 2.29. The van der Waals surface area contributed by atoms with Crippen molar-refractivity contribution in [2.45, 2.75) is 90.3 Å². The van der Waals surface area contributed by atoms with Gasteiger partial charge in [-0.2, -0.15) is 5.10 Å². The molecular weight excluding hydrogens is 442 g/mol. The third-order valence-electron chi connectivity index (χ3n) is 7.28. The lowest BCUT2D eigenvalue weighted by Crippen LogP contribution is -2.65. The van der Waals surface area contributed by atoms with Crippen LogP contribution in [0.25, 0.3) is 0 Å². The number of fused-ring (bicyclic) bond motifs is 1. The largest absolute Gasteiger partial charge is 0.351 e. The second-order valence-electron chi connectivity index (χ2n) is 10.3. The molecule has 2 heterocycles. The number of hydrogen-bond acceptors (Lipinski definition) is 4. The monoisotopic (exact) mass is 479 g/mol. The number of hydrogen-bond donors (Lipinski definition) is 2. The molecule has 8 nitrogen and oxygen atoms in total.